The maximum Gasteiger partial charge on any atom is 0.333 e. The molecule has 34 heavy (non-hydrogen) atoms. The number of rotatable bonds is 5. The van der Waals surface area contributed by atoms with Gasteiger partial charge < -0.3 is 15.3 Å². The van der Waals surface area contributed by atoms with Crippen LogP contribution in [-0.4, -0.2) is 43.0 Å². The average molecular weight is 499 g/mol. The molecule has 10 heteroatoms. The third-order valence-electron chi connectivity index (χ3n) is 6.34. The van der Waals surface area contributed by atoms with Crippen LogP contribution in [0.15, 0.2) is 40.7 Å². The van der Waals surface area contributed by atoms with Crippen molar-refractivity contribution < 1.29 is 18.3 Å². The zero-order valence-electron chi connectivity index (χ0n) is 18.8. The lowest BCUT2D eigenvalue weighted by Crippen LogP contribution is -2.34. The highest BCUT2D eigenvalue weighted by molar-refractivity contribution is 7.92. The van der Waals surface area contributed by atoms with Gasteiger partial charge >= 0.3 is 6.03 Å². The summed E-state index contributed by atoms with van der Waals surface area (Å²) in [5.41, 5.74) is 5.84. The van der Waals surface area contributed by atoms with Gasteiger partial charge in [-0.1, -0.05) is 12.1 Å². The predicted octanol–water partition coefficient (Wildman–Crippen LogP) is 3.29. The van der Waals surface area contributed by atoms with Gasteiger partial charge in [-0.3, -0.25) is 4.98 Å². The minimum Gasteiger partial charge on any atom is -0.390 e. The van der Waals surface area contributed by atoms with Gasteiger partial charge in [0, 0.05) is 29.7 Å². The molecule has 5 rings (SSSR count). The van der Waals surface area contributed by atoms with E-state index in [1.807, 2.05) is 25.2 Å². The molecule has 0 saturated carbocycles. The summed E-state index contributed by atoms with van der Waals surface area (Å²) in [5, 5.41) is 12.3. The van der Waals surface area contributed by atoms with E-state index >= 15 is 0 Å². The fourth-order valence-electron chi connectivity index (χ4n) is 4.67. The molecule has 0 spiro atoms. The minimum absolute atomic E-state index is 0.156. The summed E-state index contributed by atoms with van der Waals surface area (Å²) in [5.74, 6) is 0. The Labute approximate surface area is 202 Å². The van der Waals surface area contributed by atoms with Crippen LogP contribution >= 0.6 is 11.3 Å². The summed E-state index contributed by atoms with van der Waals surface area (Å²) in [6.45, 7) is 1.39. The zero-order valence-corrected chi connectivity index (χ0v) is 20.4. The molecule has 2 aromatic heterocycles. The molecular weight excluding hydrogens is 472 g/mol. The molecule has 2 amide bonds. The summed E-state index contributed by atoms with van der Waals surface area (Å²) in [4.78, 5) is 20.3. The Kier molecular flexibility index (Phi) is 6.15. The van der Waals surface area contributed by atoms with E-state index in [4.69, 9.17) is 0 Å². The van der Waals surface area contributed by atoms with Gasteiger partial charge in [-0.25, -0.2) is 17.9 Å². The number of nitrogens with zero attached hydrogens (tertiary/aromatic N) is 2. The number of aliphatic hydroxyl groups excluding tert-OH is 1. The number of carbonyl (C=O) groups is 1. The van der Waals surface area contributed by atoms with Crippen molar-refractivity contribution in [3.8, 4) is 11.1 Å². The number of sulfonamides is 1. The SMILES string of the molecule is CN1CCc2sc(S(=O)(=O)NC(=O)Nc3c(-c4ccnc(CO)c4)ccc4c3CCC4)cc2C1. The van der Waals surface area contributed by atoms with E-state index in [-0.39, 0.29) is 10.8 Å². The van der Waals surface area contributed by atoms with E-state index in [9.17, 15) is 18.3 Å². The van der Waals surface area contributed by atoms with E-state index in [0.717, 1.165) is 64.9 Å². The smallest absolute Gasteiger partial charge is 0.333 e. The number of pyridine rings is 1. The highest BCUT2D eigenvalue weighted by Gasteiger charge is 2.26. The van der Waals surface area contributed by atoms with Crippen LogP contribution in [0.25, 0.3) is 11.1 Å². The van der Waals surface area contributed by atoms with Gasteiger partial charge in [-0.15, -0.1) is 11.3 Å². The van der Waals surface area contributed by atoms with Gasteiger partial charge in [-0.05, 0) is 73.2 Å². The molecule has 0 fully saturated rings. The topological polar surface area (TPSA) is 112 Å². The van der Waals surface area contributed by atoms with Crippen LogP contribution in [0.5, 0.6) is 0 Å². The Bertz CT molecular complexity index is 1370. The van der Waals surface area contributed by atoms with Gasteiger partial charge in [-0.2, -0.15) is 0 Å². The van der Waals surface area contributed by atoms with Crippen molar-refractivity contribution in [3.05, 3.63) is 63.8 Å². The third kappa shape index (κ3) is 4.46. The van der Waals surface area contributed by atoms with Crippen molar-refractivity contribution in [1.82, 2.24) is 14.6 Å². The number of likely N-dealkylation sites (N-methyl/N-ethyl adjacent to an activating group) is 1. The van der Waals surface area contributed by atoms with Crippen LogP contribution in [0.1, 0.15) is 33.7 Å². The van der Waals surface area contributed by atoms with Gasteiger partial charge in [0.05, 0.1) is 18.0 Å². The Balaban J connectivity index is 1.43. The number of hydrogen-bond acceptors (Lipinski definition) is 7. The maximum atomic E-state index is 13.0. The number of aliphatic hydroxyl groups is 1. The first kappa shape index (κ1) is 23.0. The number of hydrogen-bond donors (Lipinski definition) is 3. The lowest BCUT2D eigenvalue weighted by Gasteiger charge is -2.21. The summed E-state index contributed by atoms with van der Waals surface area (Å²) < 4.78 is 28.3. The third-order valence-corrected chi connectivity index (χ3v) is 9.38. The molecule has 3 N–H and O–H groups in total. The van der Waals surface area contributed by atoms with Crippen molar-refractivity contribution in [2.75, 3.05) is 18.9 Å². The number of carbonyl (C=O) groups excluding carboxylic acids is 1. The molecule has 3 heterocycles. The summed E-state index contributed by atoms with van der Waals surface area (Å²) in [6.07, 6.45) is 5.10. The number of aromatic nitrogens is 1. The van der Waals surface area contributed by atoms with Crippen LogP contribution < -0.4 is 10.0 Å². The first-order valence-electron chi connectivity index (χ1n) is 11.2. The van der Waals surface area contributed by atoms with Gasteiger partial charge in [0.1, 0.15) is 4.21 Å². The number of benzene rings is 1. The normalized spacial score (nSPS) is 15.6. The van der Waals surface area contributed by atoms with Crippen molar-refractivity contribution >= 4 is 33.1 Å². The molecule has 1 aliphatic carbocycles. The number of urea groups is 1. The Hall–Kier alpha value is -2.79. The Morgan fingerprint density at radius 2 is 2.03 bits per heavy atom. The van der Waals surface area contributed by atoms with Crippen LogP contribution in [0.3, 0.4) is 0 Å². The number of nitrogens with one attached hydrogen (secondary N) is 2. The molecule has 0 unspecified atom stereocenters. The van der Waals surface area contributed by atoms with Crippen LogP contribution in [-0.2, 0) is 42.4 Å². The number of thiophene rings is 1. The molecular formula is C24H26N4O4S2. The van der Waals surface area contributed by atoms with Crippen molar-refractivity contribution in [3.63, 3.8) is 0 Å². The molecule has 2 aliphatic rings. The predicted molar refractivity (Wildman–Crippen MR) is 131 cm³/mol. The molecule has 0 radical (unpaired) electrons. The number of amides is 2. The van der Waals surface area contributed by atoms with Crippen molar-refractivity contribution in [2.24, 2.45) is 0 Å². The van der Waals surface area contributed by atoms with Gasteiger partial charge in [0.2, 0.25) is 0 Å². The van der Waals surface area contributed by atoms with E-state index in [2.05, 4.69) is 19.9 Å². The lowest BCUT2D eigenvalue weighted by atomic mass is 9.97. The van der Waals surface area contributed by atoms with E-state index in [0.29, 0.717) is 17.9 Å². The minimum atomic E-state index is -4.00. The molecule has 3 aromatic rings. The summed E-state index contributed by atoms with van der Waals surface area (Å²) >= 11 is 1.23. The molecule has 1 aliphatic heterocycles. The largest absolute Gasteiger partial charge is 0.390 e. The molecule has 1 aromatic carbocycles. The quantitative estimate of drug-likeness (QED) is 0.498. The first-order chi connectivity index (χ1) is 16.3. The number of fused-ring (bicyclic) bond motifs is 2. The highest BCUT2D eigenvalue weighted by atomic mass is 32.2. The van der Waals surface area contributed by atoms with Gasteiger partial charge in [0.25, 0.3) is 10.0 Å². The van der Waals surface area contributed by atoms with Gasteiger partial charge in [0.15, 0.2) is 0 Å². The second kappa shape index (κ2) is 9.10. The maximum absolute atomic E-state index is 13.0. The van der Waals surface area contributed by atoms with Crippen LogP contribution in [0.2, 0.25) is 0 Å². The molecule has 0 atom stereocenters. The second-order valence-electron chi connectivity index (χ2n) is 8.73. The van der Waals surface area contributed by atoms with E-state index in [1.54, 1.807) is 18.3 Å². The zero-order chi connectivity index (χ0) is 23.9. The van der Waals surface area contributed by atoms with Crippen molar-refractivity contribution in [2.45, 2.75) is 43.0 Å². The molecule has 8 nitrogen and oxygen atoms in total. The Morgan fingerprint density at radius 3 is 2.85 bits per heavy atom. The second-order valence-corrected chi connectivity index (χ2v) is 11.8. The summed E-state index contributed by atoms with van der Waals surface area (Å²) in [6, 6.07) is 8.43. The highest BCUT2D eigenvalue weighted by Crippen LogP contribution is 2.38. The summed E-state index contributed by atoms with van der Waals surface area (Å²) in [7, 11) is -2.00. The van der Waals surface area contributed by atoms with E-state index < -0.39 is 16.1 Å². The molecule has 178 valence electrons. The first-order valence-corrected chi connectivity index (χ1v) is 13.5. The van der Waals surface area contributed by atoms with E-state index in [1.165, 1.54) is 11.3 Å². The fourth-order valence-corrected chi connectivity index (χ4v) is 7.12. The van der Waals surface area contributed by atoms with Crippen LogP contribution in [0, 0.1) is 0 Å². The monoisotopic (exact) mass is 498 g/mol. The lowest BCUT2D eigenvalue weighted by molar-refractivity contribution is 0.256. The Morgan fingerprint density at radius 1 is 1.18 bits per heavy atom. The molecule has 0 bridgehead atoms. The number of anilines is 1. The number of aryl methyl sites for hydroxylation is 1. The molecule has 0 saturated heterocycles. The standard InChI is InChI=1S/C24H26N4O4S2/c1-28-10-8-21-17(13-28)12-22(33-21)34(31,32)27-24(30)26-23-19-4-2-3-15(19)5-6-20(23)16-7-9-25-18(11-16)14-29/h5-7,9,11-12,29H,2-4,8,10,13-14H2,1H3,(H2,26,27,30). The van der Waals surface area contributed by atoms with Crippen molar-refractivity contribution in [1.29, 1.82) is 0 Å². The average Bonchev–Trinajstić information content (AvgIpc) is 3.46. The fraction of sp³-hybridized carbons (Fsp3) is 0.333. The van der Waals surface area contributed by atoms with Crippen LogP contribution in [0.4, 0.5) is 10.5 Å².